The van der Waals surface area contributed by atoms with E-state index in [0.717, 1.165) is 0 Å². The molecule has 24 heavy (non-hydrogen) atoms. The van der Waals surface area contributed by atoms with Crippen LogP contribution in [-0.4, -0.2) is 4.98 Å². The summed E-state index contributed by atoms with van der Waals surface area (Å²) in [5.74, 6) is 0.631. The van der Waals surface area contributed by atoms with Gasteiger partial charge in [-0.2, -0.15) is 11.3 Å². The average Bonchev–Trinajstić information content (AvgIpc) is 3.06. The molecule has 0 amide bonds. The predicted molar refractivity (Wildman–Crippen MR) is 102 cm³/mol. The van der Waals surface area contributed by atoms with Crippen LogP contribution in [0.3, 0.4) is 0 Å². The molecule has 0 saturated heterocycles. The van der Waals surface area contributed by atoms with Crippen molar-refractivity contribution < 1.29 is 0 Å². The monoisotopic (exact) mass is 327 g/mol. The van der Waals surface area contributed by atoms with Crippen LogP contribution in [0.25, 0.3) is 10.8 Å². The Bertz CT molecular complexity index is 1050. The summed E-state index contributed by atoms with van der Waals surface area (Å²) in [4.78, 5) is 4.42. The van der Waals surface area contributed by atoms with Crippen molar-refractivity contribution in [3.8, 4) is 0 Å². The molecule has 6 rings (SSSR count). The minimum atomic E-state index is 0.286. The maximum atomic E-state index is 4.42. The highest BCUT2D eigenvalue weighted by Crippen LogP contribution is 2.56. The fourth-order valence-corrected chi connectivity index (χ4v) is 5.17. The topological polar surface area (TPSA) is 12.9 Å². The van der Waals surface area contributed by atoms with Crippen LogP contribution >= 0.6 is 11.3 Å². The lowest BCUT2D eigenvalue weighted by Crippen LogP contribution is -2.27. The molecule has 0 aliphatic heterocycles. The first kappa shape index (κ1) is 13.9. The van der Waals surface area contributed by atoms with E-state index in [4.69, 9.17) is 0 Å². The Hall–Kier alpha value is -2.45. The van der Waals surface area contributed by atoms with Crippen molar-refractivity contribution in [2.75, 3.05) is 0 Å². The minimum absolute atomic E-state index is 0.286. The van der Waals surface area contributed by atoms with Crippen LogP contribution in [-0.2, 0) is 0 Å². The summed E-state index contributed by atoms with van der Waals surface area (Å²) < 4.78 is 0. The third-order valence-electron chi connectivity index (χ3n) is 5.42. The van der Waals surface area contributed by atoms with Gasteiger partial charge in [0.2, 0.25) is 0 Å². The number of hydrogen-bond donors (Lipinski definition) is 0. The Labute approximate surface area is 145 Å². The standard InChI is InChI=1S/C22H17NS/c1-3-4-5-16-13(2)21-17-6-7-23-10-20(17)22(16)19-9-15-12-24-11-14(15)8-18(19)21/h3-12,21-22H,1H2,2H3/b5-4-. The molecule has 3 aliphatic carbocycles. The van der Waals surface area contributed by atoms with Gasteiger partial charge in [-0.05, 0) is 74.5 Å². The number of aromatic nitrogens is 1. The van der Waals surface area contributed by atoms with Crippen molar-refractivity contribution in [3.05, 3.63) is 99.6 Å². The lowest BCUT2D eigenvalue weighted by molar-refractivity contribution is 0.739. The molecule has 2 bridgehead atoms. The normalized spacial score (nSPS) is 21.4. The van der Waals surface area contributed by atoms with E-state index in [9.17, 15) is 0 Å². The molecule has 1 aromatic carbocycles. The highest BCUT2D eigenvalue weighted by atomic mass is 32.1. The van der Waals surface area contributed by atoms with Crippen LogP contribution in [0.2, 0.25) is 0 Å². The molecular weight excluding hydrogens is 310 g/mol. The van der Waals surface area contributed by atoms with E-state index in [1.165, 1.54) is 44.2 Å². The van der Waals surface area contributed by atoms with Gasteiger partial charge in [-0.1, -0.05) is 30.4 Å². The zero-order valence-corrected chi connectivity index (χ0v) is 14.3. The molecule has 2 unspecified atom stereocenters. The van der Waals surface area contributed by atoms with Crippen molar-refractivity contribution in [1.82, 2.24) is 4.98 Å². The lowest BCUT2D eigenvalue weighted by Gasteiger charge is -2.42. The number of rotatable bonds is 2. The fraction of sp³-hybridized carbons (Fsp3) is 0.136. The number of allylic oxidation sites excluding steroid dienone is 5. The predicted octanol–water partition coefficient (Wildman–Crippen LogP) is 5.95. The van der Waals surface area contributed by atoms with Crippen molar-refractivity contribution in [3.63, 3.8) is 0 Å². The second kappa shape index (κ2) is 5.02. The molecule has 2 heteroatoms. The maximum Gasteiger partial charge on any atom is 0.0361 e. The van der Waals surface area contributed by atoms with Gasteiger partial charge in [-0.15, -0.1) is 0 Å². The van der Waals surface area contributed by atoms with Gasteiger partial charge < -0.3 is 0 Å². The van der Waals surface area contributed by atoms with Crippen LogP contribution in [0.5, 0.6) is 0 Å². The van der Waals surface area contributed by atoms with E-state index in [0.29, 0.717) is 5.92 Å². The molecule has 0 N–H and O–H groups in total. The van der Waals surface area contributed by atoms with E-state index in [1.807, 2.05) is 12.3 Å². The molecule has 2 atom stereocenters. The number of hydrogen-bond acceptors (Lipinski definition) is 2. The van der Waals surface area contributed by atoms with Gasteiger partial charge in [-0.25, -0.2) is 0 Å². The van der Waals surface area contributed by atoms with E-state index in [1.54, 1.807) is 11.3 Å². The van der Waals surface area contributed by atoms with E-state index < -0.39 is 0 Å². The Morgan fingerprint density at radius 2 is 1.79 bits per heavy atom. The van der Waals surface area contributed by atoms with Crippen LogP contribution in [0.15, 0.2) is 77.3 Å². The van der Waals surface area contributed by atoms with E-state index >= 15 is 0 Å². The van der Waals surface area contributed by atoms with Crippen LogP contribution < -0.4 is 0 Å². The zero-order valence-electron chi connectivity index (χ0n) is 13.5. The summed E-state index contributed by atoms with van der Waals surface area (Å²) >= 11 is 1.78. The largest absolute Gasteiger partial charge is 0.264 e. The third kappa shape index (κ3) is 1.72. The first-order valence-corrected chi connectivity index (χ1v) is 9.17. The summed E-state index contributed by atoms with van der Waals surface area (Å²) in [6, 6.07) is 6.99. The minimum Gasteiger partial charge on any atom is -0.264 e. The molecule has 0 spiro atoms. The first-order valence-electron chi connectivity index (χ1n) is 8.23. The van der Waals surface area contributed by atoms with Crippen LogP contribution in [0.1, 0.15) is 41.0 Å². The lowest BCUT2D eigenvalue weighted by atomic mass is 9.61. The number of thiophene rings is 1. The van der Waals surface area contributed by atoms with Gasteiger partial charge in [-0.3, -0.25) is 4.98 Å². The molecule has 3 aliphatic rings. The molecule has 1 nitrogen and oxygen atoms in total. The molecule has 2 heterocycles. The molecule has 0 radical (unpaired) electrons. The summed E-state index contributed by atoms with van der Waals surface area (Å²) in [5, 5.41) is 7.21. The van der Waals surface area contributed by atoms with Gasteiger partial charge in [0.25, 0.3) is 0 Å². The summed E-state index contributed by atoms with van der Waals surface area (Å²) in [6.07, 6.45) is 10.1. The molecule has 0 saturated carbocycles. The average molecular weight is 327 g/mol. The summed E-state index contributed by atoms with van der Waals surface area (Å²) in [5.41, 5.74) is 8.56. The second-order valence-electron chi connectivity index (χ2n) is 6.59. The van der Waals surface area contributed by atoms with Gasteiger partial charge >= 0.3 is 0 Å². The van der Waals surface area contributed by atoms with Crippen LogP contribution in [0, 0.1) is 0 Å². The highest BCUT2D eigenvalue weighted by molar-refractivity contribution is 7.09. The Morgan fingerprint density at radius 1 is 1.04 bits per heavy atom. The fourth-order valence-electron chi connectivity index (χ4n) is 4.41. The van der Waals surface area contributed by atoms with Crippen molar-refractivity contribution in [2.45, 2.75) is 18.8 Å². The van der Waals surface area contributed by atoms with Gasteiger partial charge in [0.05, 0.1) is 0 Å². The number of nitrogens with zero attached hydrogens (tertiary/aromatic N) is 1. The molecular formula is C22H17NS. The Balaban J connectivity index is 1.85. The quantitative estimate of drug-likeness (QED) is 0.530. The number of benzene rings is 1. The van der Waals surface area contributed by atoms with Crippen LogP contribution in [0.4, 0.5) is 0 Å². The summed E-state index contributed by atoms with van der Waals surface area (Å²) in [6.45, 7) is 6.12. The van der Waals surface area contributed by atoms with Crippen molar-refractivity contribution >= 4 is 22.1 Å². The third-order valence-corrected chi connectivity index (χ3v) is 6.20. The zero-order chi connectivity index (χ0) is 16.3. The van der Waals surface area contributed by atoms with Crippen molar-refractivity contribution in [2.24, 2.45) is 0 Å². The van der Waals surface area contributed by atoms with E-state index in [-0.39, 0.29) is 5.92 Å². The summed E-state index contributed by atoms with van der Waals surface area (Å²) in [7, 11) is 0. The molecule has 3 aromatic rings. The van der Waals surface area contributed by atoms with Gasteiger partial charge in [0, 0.05) is 24.2 Å². The first-order chi connectivity index (χ1) is 11.8. The van der Waals surface area contributed by atoms with Crippen molar-refractivity contribution in [1.29, 1.82) is 0 Å². The SMILES string of the molecule is C=C/C=C\C1=C(C)C2c3ccncc3C1c1cc3cscc3cc12. The molecule has 0 fully saturated rings. The maximum absolute atomic E-state index is 4.42. The van der Waals surface area contributed by atoms with Gasteiger partial charge in [0.15, 0.2) is 0 Å². The number of pyridine rings is 1. The van der Waals surface area contributed by atoms with Gasteiger partial charge in [0.1, 0.15) is 0 Å². The second-order valence-corrected chi connectivity index (χ2v) is 7.33. The number of fused-ring (bicyclic) bond motifs is 1. The van der Waals surface area contributed by atoms with E-state index in [2.05, 4.69) is 65.8 Å². The highest BCUT2D eigenvalue weighted by Gasteiger charge is 2.40. The smallest absolute Gasteiger partial charge is 0.0361 e. The Morgan fingerprint density at radius 3 is 2.54 bits per heavy atom. The Kier molecular flexibility index (Phi) is 2.92. The molecule has 2 aromatic heterocycles. The molecule has 116 valence electrons.